The van der Waals surface area contributed by atoms with Gasteiger partial charge in [0.2, 0.25) is 0 Å². The number of alkyl halides is 1. The Labute approximate surface area is 108 Å². The van der Waals surface area contributed by atoms with Crippen molar-refractivity contribution in [3.8, 4) is 0 Å². The van der Waals surface area contributed by atoms with Gasteiger partial charge in [0.1, 0.15) is 0 Å². The lowest BCUT2D eigenvalue weighted by Gasteiger charge is -2.36. The molecule has 2 heterocycles. The first-order valence-corrected chi connectivity index (χ1v) is 6.55. The maximum absolute atomic E-state index is 5.88. The minimum absolute atomic E-state index is 0.151. The quantitative estimate of drug-likeness (QED) is 0.774. The molecule has 0 aromatic carbocycles. The number of aromatic nitrogens is 1. The Bertz CT molecular complexity index is 372. The highest BCUT2D eigenvalue weighted by Crippen LogP contribution is 2.15. The molecule has 0 N–H and O–H groups in total. The molecule has 0 amide bonds. The maximum Gasteiger partial charge on any atom is 0.0841 e. The van der Waals surface area contributed by atoms with Crippen molar-refractivity contribution in [3.63, 3.8) is 0 Å². The second kappa shape index (κ2) is 5.80. The van der Waals surface area contributed by atoms with Gasteiger partial charge in [0.15, 0.2) is 0 Å². The second-order valence-electron chi connectivity index (χ2n) is 4.79. The van der Waals surface area contributed by atoms with Crippen LogP contribution in [0, 0.1) is 6.92 Å². The van der Waals surface area contributed by atoms with E-state index in [4.69, 9.17) is 16.3 Å². The lowest BCUT2D eigenvalue weighted by atomic mass is 10.1. The molecule has 2 unspecified atom stereocenters. The Morgan fingerprint density at radius 3 is 3.00 bits per heavy atom. The van der Waals surface area contributed by atoms with E-state index in [1.165, 1.54) is 11.1 Å². The van der Waals surface area contributed by atoms with Crippen LogP contribution in [0.5, 0.6) is 0 Å². The van der Waals surface area contributed by atoms with Crippen LogP contribution < -0.4 is 0 Å². The van der Waals surface area contributed by atoms with Crippen LogP contribution in [0.3, 0.4) is 0 Å². The molecule has 1 saturated heterocycles. The van der Waals surface area contributed by atoms with Crippen LogP contribution in [0.25, 0.3) is 0 Å². The minimum Gasteiger partial charge on any atom is -0.371 e. The van der Waals surface area contributed by atoms with Gasteiger partial charge in [-0.2, -0.15) is 0 Å². The van der Waals surface area contributed by atoms with Crippen molar-refractivity contribution in [2.24, 2.45) is 0 Å². The van der Waals surface area contributed by atoms with Gasteiger partial charge >= 0.3 is 0 Å². The third-order valence-corrected chi connectivity index (χ3v) is 3.26. The van der Waals surface area contributed by atoms with Crippen LogP contribution in [0.1, 0.15) is 18.1 Å². The Morgan fingerprint density at radius 1 is 1.47 bits per heavy atom. The molecule has 0 radical (unpaired) electrons. The first-order valence-electron chi connectivity index (χ1n) is 6.01. The molecule has 1 aliphatic heterocycles. The number of aryl methyl sites for hydroxylation is 1. The van der Waals surface area contributed by atoms with E-state index in [1.54, 1.807) is 0 Å². The van der Waals surface area contributed by atoms with Crippen LogP contribution in [-0.4, -0.2) is 41.1 Å². The Kier molecular flexibility index (Phi) is 4.37. The van der Waals surface area contributed by atoms with Crippen molar-refractivity contribution in [3.05, 3.63) is 29.6 Å². The van der Waals surface area contributed by atoms with E-state index in [-0.39, 0.29) is 12.2 Å². The molecular weight excluding hydrogens is 236 g/mol. The SMILES string of the molecule is Cc1cncc(CN2CC(C)OC(CCl)C2)c1. The number of halogens is 1. The first kappa shape index (κ1) is 12.8. The third-order valence-electron chi connectivity index (χ3n) is 2.91. The lowest BCUT2D eigenvalue weighted by Crippen LogP contribution is -2.46. The highest BCUT2D eigenvalue weighted by Gasteiger charge is 2.24. The van der Waals surface area contributed by atoms with Gasteiger partial charge < -0.3 is 4.74 Å². The normalized spacial score (nSPS) is 26.1. The number of rotatable bonds is 3. The summed E-state index contributed by atoms with van der Waals surface area (Å²) in [4.78, 5) is 6.61. The molecule has 2 rings (SSSR count). The fourth-order valence-corrected chi connectivity index (χ4v) is 2.49. The Morgan fingerprint density at radius 2 is 2.29 bits per heavy atom. The summed E-state index contributed by atoms with van der Waals surface area (Å²) in [6.45, 7) is 6.96. The summed E-state index contributed by atoms with van der Waals surface area (Å²) < 4.78 is 5.74. The molecule has 3 nitrogen and oxygen atoms in total. The van der Waals surface area contributed by atoms with Gasteiger partial charge in [-0.3, -0.25) is 9.88 Å². The Balaban J connectivity index is 1.98. The fraction of sp³-hybridized carbons (Fsp3) is 0.615. The highest BCUT2D eigenvalue weighted by atomic mass is 35.5. The molecule has 0 saturated carbocycles. The molecule has 2 atom stereocenters. The predicted molar refractivity (Wildman–Crippen MR) is 69.3 cm³/mol. The summed E-state index contributed by atoms with van der Waals surface area (Å²) in [6.07, 6.45) is 4.22. The average Bonchev–Trinajstić information content (AvgIpc) is 2.28. The Hall–Kier alpha value is -0.640. The third kappa shape index (κ3) is 3.66. The zero-order valence-electron chi connectivity index (χ0n) is 10.4. The van der Waals surface area contributed by atoms with Crippen molar-refractivity contribution < 1.29 is 4.74 Å². The number of nitrogens with zero attached hydrogens (tertiary/aromatic N) is 2. The predicted octanol–water partition coefficient (Wildman–Crippen LogP) is 2.22. The van der Waals surface area contributed by atoms with Crippen molar-refractivity contribution in [1.29, 1.82) is 0 Å². The number of hydrogen-bond donors (Lipinski definition) is 0. The van der Waals surface area contributed by atoms with E-state index in [1.807, 2.05) is 12.4 Å². The van der Waals surface area contributed by atoms with Gasteiger partial charge in [0.25, 0.3) is 0 Å². The number of pyridine rings is 1. The zero-order chi connectivity index (χ0) is 12.3. The monoisotopic (exact) mass is 254 g/mol. The van der Waals surface area contributed by atoms with E-state index in [0.29, 0.717) is 5.88 Å². The number of ether oxygens (including phenoxy) is 1. The molecule has 1 aliphatic rings. The van der Waals surface area contributed by atoms with Crippen LogP contribution in [0.2, 0.25) is 0 Å². The van der Waals surface area contributed by atoms with E-state index in [0.717, 1.165) is 19.6 Å². The van der Waals surface area contributed by atoms with Crippen LogP contribution in [0.4, 0.5) is 0 Å². The molecule has 0 spiro atoms. The zero-order valence-corrected chi connectivity index (χ0v) is 11.2. The van der Waals surface area contributed by atoms with Crippen LogP contribution in [0.15, 0.2) is 18.5 Å². The van der Waals surface area contributed by atoms with Gasteiger partial charge in [-0.25, -0.2) is 0 Å². The van der Waals surface area contributed by atoms with Gasteiger partial charge in [-0.15, -0.1) is 11.6 Å². The highest BCUT2D eigenvalue weighted by molar-refractivity contribution is 6.18. The molecular formula is C13H19ClN2O. The van der Waals surface area contributed by atoms with Gasteiger partial charge in [-0.05, 0) is 25.0 Å². The average molecular weight is 255 g/mol. The summed E-state index contributed by atoms with van der Waals surface area (Å²) in [5.41, 5.74) is 2.46. The number of morpholine rings is 1. The summed E-state index contributed by atoms with van der Waals surface area (Å²) in [6, 6.07) is 2.18. The lowest BCUT2D eigenvalue weighted by molar-refractivity contribution is -0.0689. The molecule has 1 aromatic rings. The second-order valence-corrected chi connectivity index (χ2v) is 5.10. The largest absolute Gasteiger partial charge is 0.371 e. The van der Waals surface area contributed by atoms with E-state index in [2.05, 4.69) is 29.8 Å². The summed E-state index contributed by atoms with van der Waals surface area (Å²) in [5.74, 6) is 0.562. The van der Waals surface area contributed by atoms with Gasteiger partial charge in [0, 0.05) is 37.9 Å². The maximum atomic E-state index is 5.88. The first-order chi connectivity index (χ1) is 8.17. The minimum atomic E-state index is 0.151. The molecule has 1 fully saturated rings. The summed E-state index contributed by atoms with van der Waals surface area (Å²) in [5, 5.41) is 0. The van der Waals surface area contributed by atoms with E-state index in [9.17, 15) is 0 Å². The fourth-order valence-electron chi connectivity index (χ4n) is 2.32. The summed E-state index contributed by atoms with van der Waals surface area (Å²) >= 11 is 5.88. The van der Waals surface area contributed by atoms with Gasteiger partial charge in [0.05, 0.1) is 12.2 Å². The topological polar surface area (TPSA) is 25.4 Å². The van der Waals surface area contributed by atoms with Crippen LogP contribution in [-0.2, 0) is 11.3 Å². The summed E-state index contributed by atoms with van der Waals surface area (Å²) in [7, 11) is 0. The molecule has 17 heavy (non-hydrogen) atoms. The smallest absolute Gasteiger partial charge is 0.0841 e. The molecule has 0 aliphatic carbocycles. The van der Waals surface area contributed by atoms with Crippen molar-refractivity contribution in [2.45, 2.75) is 32.6 Å². The van der Waals surface area contributed by atoms with Crippen molar-refractivity contribution in [1.82, 2.24) is 9.88 Å². The van der Waals surface area contributed by atoms with Crippen LogP contribution >= 0.6 is 11.6 Å². The molecule has 4 heteroatoms. The van der Waals surface area contributed by atoms with E-state index >= 15 is 0 Å². The van der Waals surface area contributed by atoms with Crippen molar-refractivity contribution >= 4 is 11.6 Å². The molecule has 0 bridgehead atoms. The standard InChI is InChI=1S/C13H19ClN2O/c1-10-3-12(6-15-5-10)8-16-7-11(2)17-13(4-14)9-16/h3,5-6,11,13H,4,7-9H2,1-2H3. The van der Waals surface area contributed by atoms with E-state index < -0.39 is 0 Å². The molecule has 94 valence electrons. The van der Waals surface area contributed by atoms with Crippen molar-refractivity contribution in [2.75, 3.05) is 19.0 Å². The molecule has 1 aromatic heterocycles. The van der Waals surface area contributed by atoms with Gasteiger partial charge in [-0.1, -0.05) is 6.07 Å². The number of hydrogen-bond acceptors (Lipinski definition) is 3.